The van der Waals surface area contributed by atoms with Crippen LogP contribution >= 0.6 is 31.9 Å². The van der Waals surface area contributed by atoms with Crippen LogP contribution in [0.4, 0.5) is 10.2 Å². The standard InChI is InChI=1S/C23H19Br2FN6O3/c1-3-31-22(25)15(10-30-31)6-14-9-27-12-29-21(14)18-5-4-17(26)8-19(18)13(2)35-20-7-16(24)11-28-23(20)32(33)34/h4-5,7-13H,3,6H2,1-2H3. The zero-order chi connectivity index (χ0) is 25.1. The summed E-state index contributed by atoms with van der Waals surface area (Å²) in [6.07, 6.45) is 5.96. The van der Waals surface area contributed by atoms with Gasteiger partial charge in [-0.1, -0.05) is 0 Å². The summed E-state index contributed by atoms with van der Waals surface area (Å²) in [5, 5.41) is 15.8. The highest BCUT2D eigenvalue weighted by atomic mass is 79.9. The predicted molar refractivity (Wildman–Crippen MR) is 133 cm³/mol. The summed E-state index contributed by atoms with van der Waals surface area (Å²) in [4.78, 5) is 23.3. The van der Waals surface area contributed by atoms with E-state index < -0.39 is 22.7 Å². The molecule has 12 heteroatoms. The fraction of sp³-hybridized carbons (Fsp3) is 0.217. The van der Waals surface area contributed by atoms with Crippen LogP contribution in [0.5, 0.6) is 5.75 Å². The molecule has 180 valence electrons. The van der Waals surface area contributed by atoms with E-state index in [0.29, 0.717) is 34.3 Å². The summed E-state index contributed by atoms with van der Waals surface area (Å²) in [5.74, 6) is -0.937. The zero-order valence-electron chi connectivity index (χ0n) is 18.7. The molecule has 0 amide bonds. The second-order valence-electron chi connectivity index (χ2n) is 7.57. The lowest BCUT2D eigenvalue weighted by Crippen LogP contribution is -2.09. The summed E-state index contributed by atoms with van der Waals surface area (Å²) in [5.41, 5.74) is 3.46. The summed E-state index contributed by atoms with van der Waals surface area (Å²) < 4.78 is 23.5. The van der Waals surface area contributed by atoms with Crippen molar-refractivity contribution < 1.29 is 14.1 Å². The molecule has 0 saturated heterocycles. The van der Waals surface area contributed by atoms with Gasteiger partial charge in [0.25, 0.3) is 0 Å². The molecule has 1 unspecified atom stereocenters. The minimum Gasteiger partial charge on any atom is -0.478 e. The van der Waals surface area contributed by atoms with Crippen molar-refractivity contribution in [2.45, 2.75) is 32.9 Å². The van der Waals surface area contributed by atoms with Gasteiger partial charge in [0.1, 0.15) is 22.9 Å². The average molecular weight is 606 g/mol. The topological polar surface area (TPSA) is 109 Å². The molecule has 35 heavy (non-hydrogen) atoms. The third-order valence-corrected chi connectivity index (χ3v) is 6.65. The Balaban J connectivity index is 1.74. The SMILES string of the molecule is CCn1ncc(Cc2cncnc2-c2ccc(F)cc2C(C)Oc2cc(Br)cnc2[N+](=O)[O-])c1Br. The molecule has 4 aromatic rings. The van der Waals surface area contributed by atoms with E-state index in [-0.39, 0.29) is 5.75 Å². The number of nitrogens with zero attached hydrogens (tertiary/aromatic N) is 6. The first-order valence-corrected chi connectivity index (χ1v) is 12.1. The molecule has 0 spiro atoms. The normalized spacial score (nSPS) is 11.9. The lowest BCUT2D eigenvalue weighted by atomic mass is 9.95. The smallest absolute Gasteiger partial charge is 0.406 e. The van der Waals surface area contributed by atoms with Gasteiger partial charge in [-0.25, -0.2) is 14.4 Å². The van der Waals surface area contributed by atoms with Gasteiger partial charge in [-0.3, -0.25) is 4.68 Å². The summed E-state index contributed by atoms with van der Waals surface area (Å²) in [7, 11) is 0. The van der Waals surface area contributed by atoms with E-state index in [1.807, 2.05) is 11.6 Å². The maximum absolute atomic E-state index is 14.3. The van der Waals surface area contributed by atoms with Crippen molar-refractivity contribution in [1.29, 1.82) is 0 Å². The van der Waals surface area contributed by atoms with Crippen molar-refractivity contribution in [3.05, 3.63) is 90.9 Å². The minimum absolute atomic E-state index is 0.0362. The molecule has 4 rings (SSSR count). The highest BCUT2D eigenvalue weighted by molar-refractivity contribution is 9.10. The molecule has 0 bridgehead atoms. The fourth-order valence-corrected chi connectivity index (χ4v) is 4.56. The van der Waals surface area contributed by atoms with E-state index >= 15 is 0 Å². The Labute approximate surface area is 216 Å². The first-order valence-electron chi connectivity index (χ1n) is 10.5. The number of ether oxygens (including phenoxy) is 1. The van der Waals surface area contributed by atoms with Crippen LogP contribution in [-0.2, 0) is 13.0 Å². The van der Waals surface area contributed by atoms with Crippen molar-refractivity contribution in [2.75, 3.05) is 0 Å². The number of halogens is 3. The van der Waals surface area contributed by atoms with Gasteiger partial charge in [-0.2, -0.15) is 5.10 Å². The van der Waals surface area contributed by atoms with E-state index in [0.717, 1.165) is 15.7 Å². The molecular formula is C23H19Br2FN6O3. The van der Waals surface area contributed by atoms with Gasteiger partial charge in [0.05, 0.1) is 16.4 Å². The number of hydrogen-bond donors (Lipinski definition) is 0. The summed E-state index contributed by atoms with van der Waals surface area (Å²) in [6.45, 7) is 4.40. The van der Waals surface area contributed by atoms with Gasteiger partial charge in [0.2, 0.25) is 5.75 Å². The molecular weight excluding hydrogens is 587 g/mol. The van der Waals surface area contributed by atoms with Gasteiger partial charge in [-0.05, 0) is 73.8 Å². The molecule has 3 heterocycles. The fourth-order valence-electron chi connectivity index (χ4n) is 3.66. The third kappa shape index (κ3) is 5.38. The Hall–Kier alpha value is -3.25. The van der Waals surface area contributed by atoms with Gasteiger partial charge in [-0.15, -0.1) is 0 Å². The maximum Gasteiger partial charge on any atom is 0.406 e. The summed E-state index contributed by atoms with van der Waals surface area (Å²) in [6, 6.07) is 5.76. The van der Waals surface area contributed by atoms with Crippen LogP contribution < -0.4 is 4.74 Å². The Kier molecular flexibility index (Phi) is 7.51. The highest BCUT2D eigenvalue weighted by Crippen LogP contribution is 2.36. The Bertz CT molecular complexity index is 1400. The Morgan fingerprint density at radius 1 is 1.17 bits per heavy atom. The molecule has 0 fully saturated rings. The second-order valence-corrected chi connectivity index (χ2v) is 9.24. The van der Waals surface area contributed by atoms with Crippen LogP contribution in [0.3, 0.4) is 0 Å². The van der Waals surface area contributed by atoms with Crippen LogP contribution in [0.1, 0.15) is 36.6 Å². The lowest BCUT2D eigenvalue weighted by Gasteiger charge is -2.19. The van der Waals surface area contributed by atoms with Crippen LogP contribution in [-0.4, -0.2) is 29.7 Å². The van der Waals surface area contributed by atoms with Crippen LogP contribution in [0, 0.1) is 15.9 Å². The molecule has 1 aromatic carbocycles. The molecule has 0 radical (unpaired) electrons. The van der Waals surface area contributed by atoms with Crippen molar-refractivity contribution >= 4 is 37.7 Å². The predicted octanol–water partition coefficient (Wildman–Crippen LogP) is 6.06. The molecule has 0 aliphatic heterocycles. The number of nitro groups is 1. The quantitative estimate of drug-likeness (QED) is 0.177. The molecule has 0 aliphatic carbocycles. The van der Waals surface area contributed by atoms with E-state index in [9.17, 15) is 14.5 Å². The average Bonchev–Trinajstić information content (AvgIpc) is 3.18. The van der Waals surface area contributed by atoms with Crippen LogP contribution in [0.15, 0.2) is 58.3 Å². The molecule has 0 saturated carbocycles. The molecule has 3 aromatic heterocycles. The van der Waals surface area contributed by atoms with Gasteiger partial charge in [0, 0.05) is 47.5 Å². The van der Waals surface area contributed by atoms with Crippen molar-refractivity contribution in [1.82, 2.24) is 24.7 Å². The van der Waals surface area contributed by atoms with Crippen molar-refractivity contribution in [2.24, 2.45) is 0 Å². The maximum atomic E-state index is 14.3. The van der Waals surface area contributed by atoms with Crippen LogP contribution in [0.25, 0.3) is 11.3 Å². The second kappa shape index (κ2) is 10.6. The number of aryl methyl sites for hydroxylation is 1. The molecule has 9 nitrogen and oxygen atoms in total. The first kappa shape index (κ1) is 24.9. The largest absolute Gasteiger partial charge is 0.478 e. The molecule has 0 aliphatic rings. The number of benzene rings is 1. The molecule has 1 atom stereocenters. The Morgan fingerprint density at radius 2 is 1.97 bits per heavy atom. The van der Waals surface area contributed by atoms with Crippen molar-refractivity contribution in [3.63, 3.8) is 0 Å². The number of pyridine rings is 1. The minimum atomic E-state index is -0.757. The zero-order valence-corrected chi connectivity index (χ0v) is 21.8. The van der Waals surface area contributed by atoms with E-state index in [4.69, 9.17) is 4.74 Å². The number of hydrogen-bond acceptors (Lipinski definition) is 7. The van der Waals surface area contributed by atoms with Crippen molar-refractivity contribution in [3.8, 4) is 17.0 Å². The lowest BCUT2D eigenvalue weighted by molar-refractivity contribution is -0.390. The van der Waals surface area contributed by atoms with Gasteiger partial charge < -0.3 is 14.9 Å². The highest BCUT2D eigenvalue weighted by Gasteiger charge is 2.24. The molecule has 0 N–H and O–H groups in total. The Morgan fingerprint density at radius 3 is 2.69 bits per heavy atom. The van der Waals surface area contributed by atoms with E-state index in [1.165, 1.54) is 30.7 Å². The first-order chi connectivity index (χ1) is 16.8. The van der Waals surface area contributed by atoms with E-state index in [2.05, 4.69) is 51.9 Å². The summed E-state index contributed by atoms with van der Waals surface area (Å²) >= 11 is 6.84. The van der Waals surface area contributed by atoms with Gasteiger partial charge >= 0.3 is 5.82 Å². The third-order valence-electron chi connectivity index (χ3n) is 5.30. The number of rotatable bonds is 8. The van der Waals surface area contributed by atoms with Crippen LogP contribution in [0.2, 0.25) is 0 Å². The van der Waals surface area contributed by atoms with Gasteiger partial charge in [0.15, 0.2) is 6.20 Å². The monoisotopic (exact) mass is 604 g/mol. The number of aromatic nitrogens is 5. The van der Waals surface area contributed by atoms with E-state index in [1.54, 1.807) is 25.4 Å².